The van der Waals surface area contributed by atoms with Crippen molar-refractivity contribution in [3.05, 3.63) is 37.1 Å². The molecule has 0 aliphatic carbocycles. The summed E-state index contributed by atoms with van der Waals surface area (Å²) >= 11 is 0. The smallest absolute Gasteiger partial charge is 0.0400 e. The Morgan fingerprint density at radius 1 is 1.40 bits per heavy atom. The van der Waals surface area contributed by atoms with Crippen LogP contribution in [0.4, 0.5) is 0 Å². The molecule has 0 amide bonds. The summed E-state index contributed by atoms with van der Waals surface area (Å²) in [6.45, 7) is 9.16. The van der Waals surface area contributed by atoms with Crippen LogP contribution in [0.1, 0.15) is 13.3 Å². The highest BCUT2D eigenvalue weighted by molar-refractivity contribution is 5.71. The molecule has 0 N–H and O–H groups in total. The standard InChI is InChI=1S/C9H13N/c1-4-7-9(6-3)10-8-5-2/h4-5,7-8H,1-2,6H2,3H3/b9-7-,10-8-. The van der Waals surface area contributed by atoms with Crippen LogP contribution in [0.2, 0.25) is 0 Å². The molecule has 1 nitrogen and oxygen atoms in total. The minimum absolute atomic E-state index is 0.927. The molecule has 0 aromatic rings. The Hall–Kier alpha value is -1.11. The summed E-state index contributed by atoms with van der Waals surface area (Å²) in [5, 5.41) is 0. The van der Waals surface area contributed by atoms with Gasteiger partial charge in [0.05, 0.1) is 0 Å². The molecule has 0 radical (unpaired) electrons. The zero-order valence-electron chi connectivity index (χ0n) is 6.38. The quantitative estimate of drug-likeness (QED) is 0.415. The van der Waals surface area contributed by atoms with Crippen molar-refractivity contribution in [1.82, 2.24) is 0 Å². The van der Waals surface area contributed by atoms with Crippen LogP contribution in [0.25, 0.3) is 0 Å². The molecule has 0 saturated carbocycles. The van der Waals surface area contributed by atoms with Crippen molar-refractivity contribution in [2.24, 2.45) is 4.99 Å². The van der Waals surface area contributed by atoms with Gasteiger partial charge < -0.3 is 0 Å². The fourth-order valence-electron chi connectivity index (χ4n) is 0.537. The fraction of sp³-hybridized carbons (Fsp3) is 0.222. The van der Waals surface area contributed by atoms with E-state index in [0.717, 1.165) is 12.1 Å². The van der Waals surface area contributed by atoms with Crippen LogP contribution in [0, 0.1) is 0 Å². The summed E-state index contributed by atoms with van der Waals surface area (Å²) in [5.74, 6) is 0. The van der Waals surface area contributed by atoms with Gasteiger partial charge in [-0.2, -0.15) is 0 Å². The molecule has 0 spiro atoms. The average molecular weight is 135 g/mol. The third-order valence-electron chi connectivity index (χ3n) is 1.02. The molecule has 54 valence electrons. The topological polar surface area (TPSA) is 12.4 Å². The Morgan fingerprint density at radius 3 is 2.50 bits per heavy atom. The van der Waals surface area contributed by atoms with Gasteiger partial charge >= 0.3 is 0 Å². The molecule has 0 bridgehead atoms. The van der Waals surface area contributed by atoms with Crippen LogP contribution < -0.4 is 0 Å². The summed E-state index contributed by atoms with van der Waals surface area (Å²) in [7, 11) is 0. The summed E-state index contributed by atoms with van der Waals surface area (Å²) in [4.78, 5) is 4.10. The maximum Gasteiger partial charge on any atom is 0.0400 e. The van der Waals surface area contributed by atoms with Crippen LogP contribution in [0.15, 0.2) is 42.1 Å². The van der Waals surface area contributed by atoms with Gasteiger partial charge in [0.2, 0.25) is 0 Å². The summed E-state index contributed by atoms with van der Waals surface area (Å²) < 4.78 is 0. The van der Waals surface area contributed by atoms with E-state index < -0.39 is 0 Å². The largest absolute Gasteiger partial charge is 0.261 e. The molecule has 0 atom stereocenters. The van der Waals surface area contributed by atoms with Gasteiger partial charge in [-0.3, -0.25) is 4.99 Å². The summed E-state index contributed by atoms with van der Waals surface area (Å²) in [5.41, 5.74) is 1.02. The molecule has 1 heteroatoms. The Balaban J connectivity index is 4.06. The van der Waals surface area contributed by atoms with E-state index in [-0.39, 0.29) is 0 Å². The molecule has 0 heterocycles. The zero-order chi connectivity index (χ0) is 7.82. The Morgan fingerprint density at radius 2 is 2.10 bits per heavy atom. The Bertz CT molecular complexity index is 164. The van der Waals surface area contributed by atoms with Crippen LogP contribution in [0.3, 0.4) is 0 Å². The van der Waals surface area contributed by atoms with E-state index in [1.54, 1.807) is 18.4 Å². The summed E-state index contributed by atoms with van der Waals surface area (Å²) in [6, 6.07) is 0. The molecule has 0 rings (SSSR count). The predicted octanol–water partition coefficient (Wildman–Crippen LogP) is 2.72. The second kappa shape index (κ2) is 6.02. The fourth-order valence-corrected chi connectivity index (χ4v) is 0.537. The number of rotatable bonds is 4. The van der Waals surface area contributed by atoms with Crippen LogP contribution in [0.5, 0.6) is 0 Å². The lowest BCUT2D eigenvalue weighted by atomic mass is 10.3. The monoisotopic (exact) mass is 135 g/mol. The van der Waals surface area contributed by atoms with Crippen molar-refractivity contribution in [3.63, 3.8) is 0 Å². The molecule has 0 unspecified atom stereocenters. The number of allylic oxidation sites excluding steroid dienone is 4. The average Bonchev–Trinajstić information content (AvgIpc) is 1.98. The van der Waals surface area contributed by atoms with E-state index in [0.29, 0.717) is 0 Å². The van der Waals surface area contributed by atoms with Gasteiger partial charge in [-0.05, 0) is 12.5 Å². The lowest BCUT2D eigenvalue weighted by molar-refractivity contribution is 1.07. The van der Waals surface area contributed by atoms with Gasteiger partial charge in [-0.1, -0.05) is 32.2 Å². The highest BCUT2D eigenvalue weighted by Gasteiger charge is 1.82. The van der Waals surface area contributed by atoms with Gasteiger partial charge in [0.25, 0.3) is 0 Å². The Labute approximate surface area is 62.5 Å². The SMILES string of the molecule is C=C/C=N\C(=C/C=C)CC. The number of aliphatic imine (C=N–C) groups is 1. The third kappa shape index (κ3) is 3.84. The van der Waals surface area contributed by atoms with Gasteiger partial charge in [-0.15, -0.1) is 0 Å². The molecular weight excluding hydrogens is 122 g/mol. The predicted molar refractivity (Wildman–Crippen MR) is 47.3 cm³/mol. The van der Waals surface area contributed by atoms with E-state index in [1.807, 2.05) is 6.08 Å². The minimum Gasteiger partial charge on any atom is -0.261 e. The molecule has 0 fully saturated rings. The normalized spacial score (nSPS) is 11.9. The molecule has 0 aliphatic heterocycles. The minimum atomic E-state index is 0.927. The van der Waals surface area contributed by atoms with Gasteiger partial charge in [-0.25, -0.2) is 0 Å². The maximum absolute atomic E-state index is 4.10. The van der Waals surface area contributed by atoms with Crippen molar-refractivity contribution in [1.29, 1.82) is 0 Å². The Kier molecular flexibility index (Phi) is 5.35. The molecule has 0 aliphatic rings. The second-order valence-electron chi connectivity index (χ2n) is 1.76. The molecule has 0 aromatic carbocycles. The molecule has 0 aromatic heterocycles. The molecule has 0 saturated heterocycles. The van der Waals surface area contributed by atoms with Crippen molar-refractivity contribution in [2.75, 3.05) is 0 Å². The van der Waals surface area contributed by atoms with Gasteiger partial charge in [0.15, 0.2) is 0 Å². The van der Waals surface area contributed by atoms with Crippen molar-refractivity contribution < 1.29 is 0 Å². The lowest BCUT2D eigenvalue weighted by Crippen LogP contribution is -1.73. The third-order valence-corrected chi connectivity index (χ3v) is 1.02. The molecular formula is C9H13N. The highest BCUT2D eigenvalue weighted by Crippen LogP contribution is 2.00. The highest BCUT2D eigenvalue weighted by atomic mass is 14.7. The molecule has 10 heavy (non-hydrogen) atoms. The first-order valence-electron chi connectivity index (χ1n) is 3.31. The van der Waals surface area contributed by atoms with Crippen molar-refractivity contribution >= 4 is 6.21 Å². The van der Waals surface area contributed by atoms with E-state index in [1.165, 1.54) is 0 Å². The van der Waals surface area contributed by atoms with Crippen LogP contribution >= 0.6 is 0 Å². The first-order valence-corrected chi connectivity index (χ1v) is 3.31. The number of nitrogens with zero attached hydrogens (tertiary/aromatic N) is 1. The first-order chi connectivity index (χ1) is 4.85. The van der Waals surface area contributed by atoms with Crippen molar-refractivity contribution in [2.45, 2.75) is 13.3 Å². The first kappa shape index (κ1) is 8.89. The van der Waals surface area contributed by atoms with Crippen LogP contribution in [-0.2, 0) is 0 Å². The van der Waals surface area contributed by atoms with Gasteiger partial charge in [0, 0.05) is 11.9 Å². The van der Waals surface area contributed by atoms with E-state index >= 15 is 0 Å². The van der Waals surface area contributed by atoms with Crippen LogP contribution in [-0.4, -0.2) is 6.21 Å². The number of hydrogen-bond acceptors (Lipinski definition) is 1. The second-order valence-corrected chi connectivity index (χ2v) is 1.76. The maximum atomic E-state index is 4.10. The van der Waals surface area contributed by atoms with Crippen molar-refractivity contribution in [3.8, 4) is 0 Å². The lowest BCUT2D eigenvalue weighted by Gasteiger charge is -1.90. The summed E-state index contributed by atoms with van der Waals surface area (Å²) in [6.07, 6.45) is 7.89. The number of hydrogen-bond donors (Lipinski definition) is 0. The van der Waals surface area contributed by atoms with E-state index in [2.05, 4.69) is 25.1 Å². The van der Waals surface area contributed by atoms with E-state index in [4.69, 9.17) is 0 Å². The van der Waals surface area contributed by atoms with Gasteiger partial charge in [0.1, 0.15) is 0 Å². The van der Waals surface area contributed by atoms with E-state index in [9.17, 15) is 0 Å². The zero-order valence-corrected chi connectivity index (χ0v) is 6.38.